The molecule has 0 spiro atoms. The Hall–Kier alpha value is -1.14. The van der Waals surface area contributed by atoms with Gasteiger partial charge in [0.05, 0.1) is 16.3 Å². The molecule has 2 aromatic rings. The smallest absolute Gasteiger partial charge is 0.148 e. The molecule has 0 bridgehead atoms. The van der Waals surface area contributed by atoms with Gasteiger partial charge in [-0.3, -0.25) is 0 Å². The lowest BCUT2D eigenvalue weighted by atomic mass is 9.83. The van der Waals surface area contributed by atoms with Gasteiger partial charge in [-0.25, -0.2) is 4.98 Å². The molecule has 21 heavy (non-hydrogen) atoms. The van der Waals surface area contributed by atoms with Gasteiger partial charge in [0.25, 0.3) is 0 Å². The van der Waals surface area contributed by atoms with E-state index < -0.39 is 0 Å². The van der Waals surface area contributed by atoms with E-state index in [0.29, 0.717) is 11.2 Å². The molecule has 1 aliphatic rings. The molecule has 3 rings (SSSR count). The number of hydrogen-bond donors (Lipinski definition) is 2. The summed E-state index contributed by atoms with van der Waals surface area (Å²) in [7, 11) is 0. The summed E-state index contributed by atoms with van der Waals surface area (Å²) in [5.41, 5.74) is 8.44. The van der Waals surface area contributed by atoms with Crippen LogP contribution in [-0.4, -0.2) is 15.9 Å². The summed E-state index contributed by atoms with van der Waals surface area (Å²) < 4.78 is 4.32. The van der Waals surface area contributed by atoms with Crippen LogP contribution in [0.3, 0.4) is 0 Å². The minimum atomic E-state index is 0.452. The lowest BCUT2D eigenvalue weighted by Gasteiger charge is -2.27. The van der Waals surface area contributed by atoms with Gasteiger partial charge in [0.2, 0.25) is 0 Å². The maximum Gasteiger partial charge on any atom is 0.148 e. The van der Waals surface area contributed by atoms with Gasteiger partial charge in [0, 0.05) is 11.9 Å². The van der Waals surface area contributed by atoms with Crippen molar-refractivity contribution < 1.29 is 0 Å². The van der Waals surface area contributed by atoms with Crippen LogP contribution in [0, 0.1) is 12.3 Å². The van der Waals surface area contributed by atoms with E-state index >= 15 is 0 Å². The van der Waals surface area contributed by atoms with Crippen LogP contribution in [0.1, 0.15) is 44.0 Å². The Labute approximate surface area is 134 Å². The number of aromatic nitrogens is 2. The van der Waals surface area contributed by atoms with Gasteiger partial charge in [-0.15, -0.1) is 11.3 Å². The first-order chi connectivity index (χ1) is 10.1. The van der Waals surface area contributed by atoms with Gasteiger partial charge in [-0.05, 0) is 43.1 Å². The summed E-state index contributed by atoms with van der Waals surface area (Å²) in [6, 6.07) is 0. The lowest BCUT2D eigenvalue weighted by Crippen LogP contribution is -2.25. The summed E-state index contributed by atoms with van der Waals surface area (Å²) in [5.74, 6) is 0.588. The molecule has 1 aliphatic carbocycles. The van der Waals surface area contributed by atoms with E-state index in [1.165, 1.54) is 43.6 Å². The van der Waals surface area contributed by atoms with Crippen LogP contribution in [0.2, 0.25) is 0 Å². The van der Waals surface area contributed by atoms with Gasteiger partial charge in [0.1, 0.15) is 10.8 Å². The van der Waals surface area contributed by atoms with Crippen LogP contribution < -0.4 is 11.1 Å². The molecule has 114 valence electrons. The molecule has 0 amide bonds. The van der Waals surface area contributed by atoms with E-state index in [1.807, 2.05) is 6.92 Å². The summed E-state index contributed by atoms with van der Waals surface area (Å²) in [6.07, 6.45) is 6.61. The second kappa shape index (κ2) is 5.93. The SMILES string of the molecule is CCC1(CNc2snc(N)c2-c2csc(C)n2)CCCC1. The number of nitrogens with two attached hydrogens (primary N) is 1. The third-order valence-electron chi connectivity index (χ3n) is 4.63. The van der Waals surface area contributed by atoms with E-state index in [0.717, 1.165) is 27.8 Å². The van der Waals surface area contributed by atoms with Gasteiger partial charge >= 0.3 is 0 Å². The average Bonchev–Trinajstić information content (AvgIpc) is 3.17. The fraction of sp³-hybridized carbons (Fsp3) is 0.600. The Kier molecular flexibility index (Phi) is 4.17. The number of thiazole rings is 1. The molecule has 0 atom stereocenters. The third kappa shape index (κ3) is 2.92. The molecular formula is C15H22N4S2. The highest BCUT2D eigenvalue weighted by molar-refractivity contribution is 7.11. The quantitative estimate of drug-likeness (QED) is 0.848. The Bertz CT molecular complexity index is 611. The predicted molar refractivity (Wildman–Crippen MR) is 92.1 cm³/mol. The summed E-state index contributed by atoms with van der Waals surface area (Å²) in [4.78, 5) is 4.56. The molecule has 1 fully saturated rings. The second-order valence-corrected chi connectivity index (χ2v) is 7.77. The van der Waals surface area contributed by atoms with Crippen LogP contribution in [0.15, 0.2) is 5.38 Å². The zero-order valence-corrected chi connectivity index (χ0v) is 14.2. The Morgan fingerprint density at radius 1 is 1.38 bits per heavy atom. The van der Waals surface area contributed by atoms with Crippen molar-refractivity contribution in [2.24, 2.45) is 5.41 Å². The first kappa shape index (κ1) is 14.8. The van der Waals surface area contributed by atoms with Crippen LogP contribution in [-0.2, 0) is 0 Å². The lowest BCUT2D eigenvalue weighted by molar-refractivity contribution is 0.307. The monoisotopic (exact) mass is 322 g/mol. The number of hydrogen-bond acceptors (Lipinski definition) is 6. The maximum absolute atomic E-state index is 6.06. The number of nitrogens with one attached hydrogen (secondary N) is 1. The van der Waals surface area contributed by atoms with E-state index in [4.69, 9.17) is 5.73 Å². The molecule has 0 radical (unpaired) electrons. The molecule has 2 heterocycles. The van der Waals surface area contributed by atoms with E-state index in [2.05, 4.69) is 27.0 Å². The fourth-order valence-electron chi connectivity index (χ4n) is 3.20. The highest BCUT2D eigenvalue weighted by atomic mass is 32.1. The standard InChI is InChI=1S/C15H22N4S2/c1-3-15(6-4-5-7-15)9-17-14-12(13(16)19-21-14)11-8-20-10(2)18-11/h8,17H,3-7,9H2,1-2H3,(H2,16,19). The van der Waals surface area contributed by atoms with Crippen molar-refractivity contribution in [3.63, 3.8) is 0 Å². The molecule has 6 heteroatoms. The minimum Gasteiger partial charge on any atom is -0.382 e. The topological polar surface area (TPSA) is 63.8 Å². The normalized spacial score (nSPS) is 17.2. The average molecular weight is 323 g/mol. The molecule has 0 saturated heterocycles. The van der Waals surface area contributed by atoms with Crippen molar-refractivity contribution in [2.75, 3.05) is 17.6 Å². The minimum absolute atomic E-state index is 0.452. The van der Waals surface area contributed by atoms with Crippen molar-refractivity contribution >= 4 is 33.7 Å². The van der Waals surface area contributed by atoms with E-state index in [-0.39, 0.29) is 0 Å². The van der Waals surface area contributed by atoms with Gasteiger partial charge < -0.3 is 11.1 Å². The zero-order valence-electron chi connectivity index (χ0n) is 12.6. The Balaban J connectivity index is 1.80. The Morgan fingerprint density at radius 2 is 2.14 bits per heavy atom. The van der Waals surface area contributed by atoms with Crippen LogP contribution >= 0.6 is 22.9 Å². The molecule has 2 aromatic heterocycles. The highest BCUT2D eigenvalue weighted by Crippen LogP contribution is 2.43. The summed E-state index contributed by atoms with van der Waals surface area (Å²) in [6.45, 7) is 5.34. The number of anilines is 2. The number of rotatable bonds is 5. The summed E-state index contributed by atoms with van der Waals surface area (Å²) in [5, 5.41) is 7.80. The largest absolute Gasteiger partial charge is 0.382 e. The second-order valence-electron chi connectivity index (χ2n) is 5.94. The van der Waals surface area contributed by atoms with Crippen LogP contribution in [0.5, 0.6) is 0 Å². The number of nitrogens with zero attached hydrogens (tertiary/aromatic N) is 2. The van der Waals surface area contributed by atoms with Crippen LogP contribution in [0.4, 0.5) is 10.8 Å². The molecule has 0 aromatic carbocycles. The zero-order chi connectivity index (χ0) is 14.9. The van der Waals surface area contributed by atoms with E-state index in [1.54, 1.807) is 11.3 Å². The van der Waals surface area contributed by atoms with Crippen LogP contribution in [0.25, 0.3) is 11.3 Å². The van der Waals surface area contributed by atoms with Crippen molar-refractivity contribution in [3.05, 3.63) is 10.4 Å². The molecule has 1 saturated carbocycles. The Morgan fingerprint density at radius 3 is 2.76 bits per heavy atom. The van der Waals surface area contributed by atoms with Crippen molar-refractivity contribution in [1.82, 2.24) is 9.36 Å². The molecule has 0 unspecified atom stereocenters. The van der Waals surface area contributed by atoms with E-state index in [9.17, 15) is 0 Å². The molecule has 0 aliphatic heterocycles. The molecule has 4 nitrogen and oxygen atoms in total. The maximum atomic E-state index is 6.06. The molecular weight excluding hydrogens is 300 g/mol. The summed E-state index contributed by atoms with van der Waals surface area (Å²) >= 11 is 3.10. The first-order valence-electron chi connectivity index (χ1n) is 7.55. The predicted octanol–water partition coefficient (Wildman–Crippen LogP) is 4.54. The van der Waals surface area contributed by atoms with Gasteiger partial charge in [0.15, 0.2) is 0 Å². The fourth-order valence-corrected chi connectivity index (χ4v) is 4.52. The number of aryl methyl sites for hydroxylation is 1. The first-order valence-corrected chi connectivity index (χ1v) is 9.20. The highest BCUT2D eigenvalue weighted by Gasteiger charge is 2.32. The van der Waals surface area contributed by atoms with Crippen molar-refractivity contribution in [1.29, 1.82) is 0 Å². The van der Waals surface area contributed by atoms with Gasteiger partial charge in [-0.2, -0.15) is 4.37 Å². The van der Waals surface area contributed by atoms with Crippen molar-refractivity contribution in [3.8, 4) is 11.3 Å². The number of nitrogen functional groups attached to an aromatic ring is 1. The van der Waals surface area contributed by atoms with Gasteiger partial charge in [-0.1, -0.05) is 19.8 Å². The van der Waals surface area contributed by atoms with Crippen molar-refractivity contribution in [2.45, 2.75) is 46.0 Å². The molecule has 3 N–H and O–H groups in total. The third-order valence-corrected chi connectivity index (χ3v) is 6.22.